The molecule has 0 aliphatic heterocycles. The quantitative estimate of drug-likeness (QED) is 0.249. The fraction of sp³-hybridized carbons (Fsp3) is 0.727. The lowest BCUT2D eigenvalue weighted by atomic mass is 10.0. The molecule has 0 spiro atoms. The van der Waals surface area contributed by atoms with Crippen LogP contribution in [0.3, 0.4) is 0 Å². The summed E-state index contributed by atoms with van der Waals surface area (Å²) < 4.78 is 0. The predicted octanol–water partition coefficient (Wildman–Crippen LogP) is 6.10. The van der Waals surface area contributed by atoms with Crippen molar-refractivity contribution in [1.82, 2.24) is 0 Å². The average molecular weight is 337 g/mol. The smallest absolute Gasteiger partial charge is 0.0540 e. The molecule has 0 aromatic carbocycles. The van der Waals surface area contributed by atoms with Gasteiger partial charge in [-0.15, -0.1) is 0 Å². The molecule has 0 saturated carbocycles. The van der Waals surface area contributed by atoms with E-state index in [2.05, 4.69) is 19.6 Å². The maximum atomic E-state index is 9.96. The second-order valence-electron chi connectivity index (χ2n) is 6.77. The summed E-state index contributed by atoms with van der Waals surface area (Å²) in [6.07, 6.45) is 23.5. The number of aliphatic hydroxyl groups excluding tert-OH is 2. The Morgan fingerprint density at radius 2 is 1.25 bits per heavy atom. The van der Waals surface area contributed by atoms with Gasteiger partial charge in [0.05, 0.1) is 12.2 Å². The van der Waals surface area contributed by atoms with Crippen molar-refractivity contribution in [3.8, 4) is 0 Å². The molecule has 0 rings (SSSR count). The van der Waals surface area contributed by atoms with Crippen LogP contribution in [-0.2, 0) is 0 Å². The Hall–Kier alpha value is -0.860. The van der Waals surface area contributed by atoms with E-state index in [0.29, 0.717) is 0 Å². The number of rotatable bonds is 17. The van der Waals surface area contributed by atoms with Gasteiger partial charge in [0.1, 0.15) is 0 Å². The molecule has 0 saturated heterocycles. The molecule has 0 bridgehead atoms. The Morgan fingerprint density at radius 1 is 0.708 bits per heavy atom. The molecule has 0 heterocycles. The van der Waals surface area contributed by atoms with Gasteiger partial charge in [-0.2, -0.15) is 0 Å². The first-order valence-electron chi connectivity index (χ1n) is 10.0. The molecular weight excluding hydrogens is 296 g/mol. The third-order valence-corrected chi connectivity index (χ3v) is 4.37. The van der Waals surface area contributed by atoms with Crippen LogP contribution in [0.25, 0.3) is 0 Å². The van der Waals surface area contributed by atoms with Gasteiger partial charge < -0.3 is 10.2 Å². The summed E-state index contributed by atoms with van der Waals surface area (Å²) in [5.41, 5.74) is 0. The van der Waals surface area contributed by atoms with E-state index in [1.165, 1.54) is 25.7 Å². The first kappa shape index (κ1) is 23.1. The Kier molecular flexibility index (Phi) is 17.8. The maximum Gasteiger partial charge on any atom is 0.0540 e. The number of allylic oxidation sites excluding steroid dienone is 5. The van der Waals surface area contributed by atoms with E-state index in [4.69, 9.17) is 0 Å². The van der Waals surface area contributed by atoms with Crippen LogP contribution in [0.1, 0.15) is 90.4 Å². The van der Waals surface area contributed by atoms with Crippen molar-refractivity contribution in [2.75, 3.05) is 0 Å². The lowest BCUT2D eigenvalue weighted by Crippen LogP contribution is -2.07. The number of hydrogen-bond donors (Lipinski definition) is 2. The molecule has 0 aliphatic carbocycles. The van der Waals surface area contributed by atoms with Crippen LogP contribution in [0.15, 0.2) is 37.0 Å². The van der Waals surface area contributed by atoms with E-state index in [-0.39, 0.29) is 12.2 Å². The van der Waals surface area contributed by atoms with Gasteiger partial charge in [-0.05, 0) is 38.5 Å². The molecule has 2 nitrogen and oxygen atoms in total. The molecule has 0 aliphatic rings. The highest BCUT2D eigenvalue weighted by atomic mass is 16.3. The standard InChI is InChI=1S/C22H40O2/c1-3-5-7-8-9-10-14-18-22(24)20-16-12-11-15-19-21(23)17-13-6-4-2/h3,5,7-9,21-24H,1,4,6,10-20H2,2H3. The van der Waals surface area contributed by atoms with Crippen molar-refractivity contribution in [1.29, 1.82) is 0 Å². The summed E-state index contributed by atoms with van der Waals surface area (Å²) in [6, 6.07) is 0. The Labute approximate surface area is 150 Å². The molecule has 140 valence electrons. The molecule has 2 heteroatoms. The van der Waals surface area contributed by atoms with Crippen LogP contribution in [0.4, 0.5) is 0 Å². The van der Waals surface area contributed by atoms with E-state index in [9.17, 15) is 10.2 Å². The Morgan fingerprint density at radius 3 is 1.79 bits per heavy atom. The van der Waals surface area contributed by atoms with Crippen LogP contribution in [0, 0.1) is 0 Å². The van der Waals surface area contributed by atoms with Crippen molar-refractivity contribution in [2.45, 2.75) is 103 Å². The van der Waals surface area contributed by atoms with E-state index >= 15 is 0 Å². The first-order valence-corrected chi connectivity index (χ1v) is 10.0. The third kappa shape index (κ3) is 17.5. The van der Waals surface area contributed by atoms with Crippen LogP contribution >= 0.6 is 0 Å². The normalized spacial score (nSPS) is 14.5. The maximum absolute atomic E-state index is 9.96. The molecule has 0 radical (unpaired) electrons. The van der Waals surface area contributed by atoms with E-state index in [1.54, 1.807) is 6.08 Å². The Bertz CT molecular complexity index is 320. The van der Waals surface area contributed by atoms with E-state index in [1.807, 2.05) is 18.2 Å². The summed E-state index contributed by atoms with van der Waals surface area (Å²) in [5, 5.41) is 19.8. The summed E-state index contributed by atoms with van der Waals surface area (Å²) in [7, 11) is 0. The van der Waals surface area contributed by atoms with Crippen molar-refractivity contribution in [3.63, 3.8) is 0 Å². The number of hydrogen-bond acceptors (Lipinski definition) is 2. The fourth-order valence-corrected chi connectivity index (χ4v) is 2.82. The zero-order valence-electron chi connectivity index (χ0n) is 15.8. The monoisotopic (exact) mass is 336 g/mol. The second kappa shape index (κ2) is 18.5. The summed E-state index contributed by atoms with van der Waals surface area (Å²) in [6.45, 7) is 5.82. The first-order chi connectivity index (χ1) is 11.7. The van der Waals surface area contributed by atoms with Crippen LogP contribution in [0.5, 0.6) is 0 Å². The number of unbranched alkanes of at least 4 members (excludes halogenated alkanes) is 6. The van der Waals surface area contributed by atoms with Gasteiger partial charge >= 0.3 is 0 Å². The Balaban J connectivity index is 3.36. The highest BCUT2D eigenvalue weighted by molar-refractivity contribution is 5.08. The predicted molar refractivity (Wildman–Crippen MR) is 106 cm³/mol. The van der Waals surface area contributed by atoms with Gasteiger partial charge in [0.2, 0.25) is 0 Å². The SMILES string of the molecule is C=CC=CC=CCCCC(O)CCCCCCC(O)CCCCC. The second-order valence-corrected chi connectivity index (χ2v) is 6.77. The molecule has 2 atom stereocenters. The van der Waals surface area contributed by atoms with Crippen molar-refractivity contribution in [3.05, 3.63) is 37.0 Å². The largest absolute Gasteiger partial charge is 0.393 e. The summed E-state index contributed by atoms with van der Waals surface area (Å²) in [4.78, 5) is 0. The summed E-state index contributed by atoms with van der Waals surface area (Å²) >= 11 is 0. The van der Waals surface area contributed by atoms with Crippen LogP contribution < -0.4 is 0 Å². The van der Waals surface area contributed by atoms with Gasteiger partial charge in [-0.25, -0.2) is 0 Å². The topological polar surface area (TPSA) is 40.5 Å². The van der Waals surface area contributed by atoms with Gasteiger partial charge in [-0.3, -0.25) is 0 Å². The van der Waals surface area contributed by atoms with Crippen LogP contribution in [-0.4, -0.2) is 22.4 Å². The molecule has 2 N–H and O–H groups in total. The van der Waals surface area contributed by atoms with Gasteiger partial charge in [-0.1, -0.05) is 88.8 Å². The highest BCUT2D eigenvalue weighted by Crippen LogP contribution is 2.14. The molecule has 24 heavy (non-hydrogen) atoms. The third-order valence-electron chi connectivity index (χ3n) is 4.37. The van der Waals surface area contributed by atoms with Crippen molar-refractivity contribution in [2.24, 2.45) is 0 Å². The molecule has 0 fully saturated rings. The van der Waals surface area contributed by atoms with Crippen LogP contribution in [0.2, 0.25) is 0 Å². The van der Waals surface area contributed by atoms with E-state index in [0.717, 1.165) is 57.8 Å². The lowest BCUT2D eigenvalue weighted by Gasteiger charge is -2.11. The lowest BCUT2D eigenvalue weighted by molar-refractivity contribution is 0.142. The van der Waals surface area contributed by atoms with Gasteiger partial charge in [0.15, 0.2) is 0 Å². The average Bonchev–Trinajstić information content (AvgIpc) is 2.57. The molecule has 0 aromatic rings. The highest BCUT2D eigenvalue weighted by Gasteiger charge is 2.05. The van der Waals surface area contributed by atoms with E-state index < -0.39 is 0 Å². The molecular formula is C22H40O2. The zero-order chi connectivity index (χ0) is 17.9. The molecule has 2 unspecified atom stereocenters. The minimum Gasteiger partial charge on any atom is -0.393 e. The number of aliphatic hydroxyl groups is 2. The molecule has 0 aromatic heterocycles. The minimum absolute atomic E-state index is 0.100. The fourth-order valence-electron chi connectivity index (χ4n) is 2.82. The minimum atomic E-state index is -0.151. The van der Waals surface area contributed by atoms with Crippen molar-refractivity contribution < 1.29 is 10.2 Å². The van der Waals surface area contributed by atoms with Crippen molar-refractivity contribution >= 4 is 0 Å². The summed E-state index contributed by atoms with van der Waals surface area (Å²) in [5.74, 6) is 0. The zero-order valence-corrected chi connectivity index (χ0v) is 15.8. The van der Waals surface area contributed by atoms with Gasteiger partial charge in [0.25, 0.3) is 0 Å². The molecule has 0 amide bonds. The van der Waals surface area contributed by atoms with Gasteiger partial charge in [0, 0.05) is 0 Å².